The summed E-state index contributed by atoms with van der Waals surface area (Å²) in [6.07, 6.45) is 0. The molecule has 1 aromatic rings. The molecule has 18 heavy (non-hydrogen) atoms. The number of alkyl halides is 1. The second-order valence-corrected chi connectivity index (χ2v) is 6.21. The molecular formula is C14H19BrN2O. The van der Waals surface area contributed by atoms with Gasteiger partial charge in [0.2, 0.25) is 0 Å². The molecule has 98 valence electrons. The standard InChI is InChI=1S/C14H19BrN2O/c1-14(2,9-15)10-17-12-7-5-4-6-11(12)8-16(3)13(17)18/h4-7H,8-10H2,1-3H3. The Balaban J connectivity index is 2.36. The van der Waals surface area contributed by atoms with Gasteiger partial charge in [-0.1, -0.05) is 48.0 Å². The van der Waals surface area contributed by atoms with Gasteiger partial charge in [0, 0.05) is 25.5 Å². The number of hydrogen-bond acceptors (Lipinski definition) is 1. The van der Waals surface area contributed by atoms with Crippen LogP contribution in [-0.4, -0.2) is 29.9 Å². The molecule has 0 saturated carbocycles. The van der Waals surface area contributed by atoms with Crippen LogP contribution in [0.25, 0.3) is 0 Å². The predicted octanol–water partition coefficient (Wildman–Crippen LogP) is 3.48. The molecule has 0 unspecified atom stereocenters. The van der Waals surface area contributed by atoms with Crippen LogP contribution in [0.2, 0.25) is 0 Å². The number of carbonyl (C=O) groups excluding carboxylic acids is 1. The van der Waals surface area contributed by atoms with E-state index >= 15 is 0 Å². The Morgan fingerprint density at radius 3 is 2.67 bits per heavy atom. The molecule has 1 aliphatic rings. The Morgan fingerprint density at radius 2 is 2.00 bits per heavy atom. The van der Waals surface area contributed by atoms with Crippen LogP contribution in [0.5, 0.6) is 0 Å². The van der Waals surface area contributed by atoms with E-state index in [1.165, 1.54) is 5.56 Å². The topological polar surface area (TPSA) is 23.6 Å². The quantitative estimate of drug-likeness (QED) is 0.784. The van der Waals surface area contributed by atoms with Crippen molar-refractivity contribution in [2.24, 2.45) is 5.41 Å². The maximum Gasteiger partial charge on any atom is 0.324 e. The molecule has 2 amide bonds. The summed E-state index contributed by atoms with van der Waals surface area (Å²) in [4.78, 5) is 16.0. The highest BCUT2D eigenvalue weighted by Crippen LogP contribution is 2.31. The highest BCUT2D eigenvalue weighted by Gasteiger charge is 2.31. The largest absolute Gasteiger partial charge is 0.324 e. The van der Waals surface area contributed by atoms with Crippen LogP contribution < -0.4 is 4.90 Å². The van der Waals surface area contributed by atoms with Gasteiger partial charge in [-0.2, -0.15) is 0 Å². The predicted molar refractivity (Wildman–Crippen MR) is 78.2 cm³/mol. The zero-order valence-corrected chi connectivity index (χ0v) is 12.7. The maximum absolute atomic E-state index is 12.3. The van der Waals surface area contributed by atoms with E-state index in [1.54, 1.807) is 4.90 Å². The first-order valence-corrected chi connectivity index (χ1v) is 7.23. The molecule has 3 nitrogen and oxygen atoms in total. The van der Waals surface area contributed by atoms with Crippen molar-refractivity contribution in [2.75, 3.05) is 23.8 Å². The number of carbonyl (C=O) groups is 1. The summed E-state index contributed by atoms with van der Waals surface area (Å²) in [6, 6.07) is 8.22. The van der Waals surface area contributed by atoms with Crippen LogP contribution >= 0.6 is 15.9 Å². The molecule has 4 heteroatoms. The molecule has 0 fully saturated rings. The number of hydrogen-bond donors (Lipinski definition) is 0. The number of urea groups is 1. The SMILES string of the molecule is CN1Cc2ccccc2N(CC(C)(C)CBr)C1=O. The van der Waals surface area contributed by atoms with E-state index < -0.39 is 0 Å². The van der Waals surface area contributed by atoms with E-state index in [0.29, 0.717) is 6.54 Å². The van der Waals surface area contributed by atoms with Crippen LogP contribution in [0.15, 0.2) is 24.3 Å². The van der Waals surface area contributed by atoms with Crippen molar-refractivity contribution in [2.45, 2.75) is 20.4 Å². The lowest BCUT2D eigenvalue weighted by molar-refractivity contribution is 0.207. The number of para-hydroxylation sites is 1. The lowest BCUT2D eigenvalue weighted by Crippen LogP contribution is -2.49. The third-order valence-corrected chi connectivity index (χ3v) is 4.71. The average Bonchev–Trinajstić information content (AvgIpc) is 2.35. The molecule has 1 heterocycles. The second kappa shape index (κ2) is 4.92. The van der Waals surface area contributed by atoms with Crippen molar-refractivity contribution in [1.82, 2.24) is 4.90 Å². The fourth-order valence-corrected chi connectivity index (χ4v) is 2.34. The minimum absolute atomic E-state index is 0.0565. The van der Waals surface area contributed by atoms with Crippen molar-refractivity contribution < 1.29 is 4.79 Å². The maximum atomic E-state index is 12.3. The van der Waals surface area contributed by atoms with Crippen molar-refractivity contribution >= 4 is 27.6 Å². The van der Waals surface area contributed by atoms with E-state index in [-0.39, 0.29) is 11.4 Å². The molecule has 0 N–H and O–H groups in total. The van der Waals surface area contributed by atoms with Gasteiger partial charge in [0.1, 0.15) is 0 Å². The van der Waals surface area contributed by atoms with Gasteiger partial charge in [0.25, 0.3) is 0 Å². The highest BCUT2D eigenvalue weighted by molar-refractivity contribution is 9.09. The summed E-state index contributed by atoms with van der Waals surface area (Å²) < 4.78 is 0. The molecule has 0 saturated heterocycles. The average molecular weight is 311 g/mol. The molecule has 2 rings (SSSR count). The van der Waals surface area contributed by atoms with Crippen molar-refractivity contribution in [3.05, 3.63) is 29.8 Å². The number of rotatable bonds is 3. The van der Waals surface area contributed by atoms with Gasteiger partial charge < -0.3 is 4.90 Å². The fraction of sp³-hybridized carbons (Fsp3) is 0.500. The highest BCUT2D eigenvalue weighted by atomic mass is 79.9. The van der Waals surface area contributed by atoms with E-state index in [0.717, 1.165) is 17.6 Å². The smallest absolute Gasteiger partial charge is 0.323 e. The molecule has 0 bridgehead atoms. The van der Waals surface area contributed by atoms with Gasteiger partial charge in [0.05, 0.1) is 5.69 Å². The summed E-state index contributed by atoms with van der Waals surface area (Å²) in [5, 5.41) is 0.871. The first-order chi connectivity index (χ1) is 8.44. The summed E-state index contributed by atoms with van der Waals surface area (Å²) in [7, 11) is 1.85. The van der Waals surface area contributed by atoms with Crippen LogP contribution in [0, 0.1) is 5.41 Å². The third kappa shape index (κ3) is 2.53. The summed E-state index contributed by atoms with van der Waals surface area (Å²) in [6.45, 7) is 5.73. The van der Waals surface area contributed by atoms with Gasteiger partial charge in [-0.3, -0.25) is 4.90 Å². The van der Waals surface area contributed by atoms with Crippen LogP contribution in [0.1, 0.15) is 19.4 Å². The number of anilines is 1. The number of benzene rings is 1. The molecule has 0 radical (unpaired) electrons. The molecule has 0 spiro atoms. The first kappa shape index (κ1) is 13.4. The third-order valence-electron chi connectivity index (χ3n) is 3.20. The van der Waals surface area contributed by atoms with Crippen LogP contribution in [-0.2, 0) is 6.54 Å². The first-order valence-electron chi connectivity index (χ1n) is 6.11. The minimum Gasteiger partial charge on any atom is -0.323 e. The Kier molecular flexibility index (Phi) is 3.66. The Bertz CT molecular complexity index is 459. The molecule has 0 aliphatic carbocycles. The van der Waals surface area contributed by atoms with Gasteiger partial charge >= 0.3 is 6.03 Å². The Hall–Kier alpha value is -1.03. The van der Waals surface area contributed by atoms with E-state index in [2.05, 4.69) is 35.8 Å². The number of amides is 2. The monoisotopic (exact) mass is 310 g/mol. The van der Waals surface area contributed by atoms with Gasteiger partial charge in [-0.05, 0) is 17.0 Å². The van der Waals surface area contributed by atoms with Gasteiger partial charge in [0.15, 0.2) is 0 Å². The summed E-state index contributed by atoms with van der Waals surface area (Å²) >= 11 is 3.52. The van der Waals surface area contributed by atoms with Gasteiger partial charge in [-0.25, -0.2) is 4.79 Å². The molecular weight excluding hydrogens is 292 g/mol. The lowest BCUT2D eigenvalue weighted by Gasteiger charge is -2.39. The number of halogens is 1. The summed E-state index contributed by atoms with van der Waals surface area (Å²) in [5.41, 5.74) is 2.32. The zero-order valence-electron chi connectivity index (χ0n) is 11.1. The molecule has 0 atom stereocenters. The van der Waals surface area contributed by atoms with E-state index in [9.17, 15) is 4.79 Å². The Labute approximate surface area is 117 Å². The minimum atomic E-state index is 0.0565. The Morgan fingerprint density at radius 1 is 1.33 bits per heavy atom. The van der Waals surface area contributed by atoms with Gasteiger partial charge in [-0.15, -0.1) is 0 Å². The number of nitrogens with zero attached hydrogens (tertiary/aromatic N) is 2. The lowest BCUT2D eigenvalue weighted by atomic mass is 9.95. The van der Waals surface area contributed by atoms with Crippen LogP contribution in [0.3, 0.4) is 0 Å². The zero-order chi connectivity index (χ0) is 13.3. The fourth-order valence-electron chi connectivity index (χ4n) is 2.16. The van der Waals surface area contributed by atoms with E-state index in [1.807, 2.05) is 30.1 Å². The number of fused-ring (bicyclic) bond motifs is 1. The van der Waals surface area contributed by atoms with Crippen molar-refractivity contribution in [1.29, 1.82) is 0 Å². The van der Waals surface area contributed by atoms with E-state index in [4.69, 9.17) is 0 Å². The molecule has 0 aromatic heterocycles. The normalized spacial score (nSPS) is 15.9. The van der Waals surface area contributed by atoms with Crippen molar-refractivity contribution in [3.8, 4) is 0 Å². The second-order valence-electron chi connectivity index (χ2n) is 5.65. The molecule has 1 aliphatic heterocycles. The summed E-state index contributed by atoms with van der Waals surface area (Å²) in [5.74, 6) is 0. The van der Waals surface area contributed by atoms with Crippen molar-refractivity contribution in [3.63, 3.8) is 0 Å². The van der Waals surface area contributed by atoms with Crippen LogP contribution in [0.4, 0.5) is 10.5 Å². The molecule has 1 aromatic carbocycles.